The van der Waals surface area contributed by atoms with Crippen molar-refractivity contribution in [2.75, 3.05) is 39.6 Å². The molecule has 2 unspecified atom stereocenters. The summed E-state index contributed by atoms with van der Waals surface area (Å²) < 4.78 is 11.0. The molecule has 0 fully saturated rings. The average molecular weight is 1000 g/mol. The molecule has 16 heteroatoms. The van der Waals surface area contributed by atoms with Crippen molar-refractivity contribution in [1.29, 1.82) is 0 Å². The highest BCUT2D eigenvalue weighted by atomic mass is 16.6. The molecule has 396 valence electrons. The molecule has 2 rings (SSSR count). The number of nitrogens with one attached hydrogen (secondary N) is 2. The first kappa shape index (κ1) is 62.2. The number of rotatable bonds is 26. The molecule has 2 aliphatic rings. The summed E-state index contributed by atoms with van der Waals surface area (Å²) in [5, 5.41) is 61.2. The third kappa shape index (κ3) is 19.3. The highest BCUT2D eigenvalue weighted by molar-refractivity contribution is 6.02. The molecule has 2 aliphatic carbocycles. The predicted molar refractivity (Wildman–Crippen MR) is 275 cm³/mol. The van der Waals surface area contributed by atoms with Gasteiger partial charge in [-0.1, -0.05) is 135 Å². The van der Waals surface area contributed by atoms with Gasteiger partial charge in [0.2, 0.25) is 11.8 Å². The number of hydrogen-bond acceptors (Lipinski definition) is 14. The summed E-state index contributed by atoms with van der Waals surface area (Å²) >= 11 is 0. The first-order valence-electron chi connectivity index (χ1n) is 24.0. The van der Waals surface area contributed by atoms with Crippen LogP contribution in [-0.2, 0) is 38.2 Å². The largest absolute Gasteiger partial charge is 0.454 e. The third-order valence-electron chi connectivity index (χ3n) is 12.6. The van der Waals surface area contributed by atoms with Crippen molar-refractivity contribution in [3.8, 4) is 0 Å². The second kappa shape index (κ2) is 29.0. The summed E-state index contributed by atoms with van der Waals surface area (Å²) in [5.74, 6) is -3.43. The molecule has 0 aliphatic heterocycles. The number of amides is 2. The van der Waals surface area contributed by atoms with E-state index >= 15 is 0 Å². The fourth-order valence-electron chi connectivity index (χ4n) is 7.88. The van der Waals surface area contributed by atoms with Crippen molar-refractivity contribution >= 4 is 35.3 Å². The van der Waals surface area contributed by atoms with Crippen LogP contribution in [-0.4, -0.2) is 129 Å². The number of aliphatic hydroxyl groups is 6. The fraction of sp³-hybridized carbons (Fsp3) is 0.500. The minimum Gasteiger partial charge on any atom is -0.454 e. The van der Waals surface area contributed by atoms with Crippen LogP contribution in [0.15, 0.2) is 130 Å². The molecule has 0 heterocycles. The Morgan fingerprint density at radius 1 is 0.514 bits per heavy atom. The van der Waals surface area contributed by atoms with Gasteiger partial charge in [0.25, 0.3) is 0 Å². The molecule has 0 saturated carbocycles. The number of carbonyl (C=O) groups is 6. The Labute approximate surface area is 424 Å². The SMILES string of the molecule is CC1=C(/C=C/C(C)=C/C=C/C(C)=C/C=C/C=C(C)/C=C/C=C(C)/C=C/C2=C(C)C(=O)C(OC(=O)CCC(=O)NC(CO)(CO)CO)CC2(C)C)C(C)(C)CC(OC(=O)CCC(=O)NC(CO)(CO)CO)C1=O. The van der Waals surface area contributed by atoms with Gasteiger partial charge in [-0.3, -0.25) is 28.8 Å². The molecule has 2 atom stereocenters. The lowest BCUT2D eigenvalue weighted by molar-refractivity contribution is -0.156. The molecular weight excluding hydrogens is 925 g/mol. The van der Waals surface area contributed by atoms with E-state index < -0.39 is 97.5 Å². The van der Waals surface area contributed by atoms with Gasteiger partial charge in [-0.2, -0.15) is 0 Å². The highest BCUT2D eigenvalue weighted by Gasteiger charge is 2.41. The summed E-state index contributed by atoms with van der Waals surface area (Å²) in [7, 11) is 0. The molecule has 0 aromatic carbocycles. The second-order valence-corrected chi connectivity index (χ2v) is 20.0. The molecule has 0 radical (unpaired) electrons. The van der Waals surface area contributed by atoms with Crippen LogP contribution in [0.25, 0.3) is 0 Å². The van der Waals surface area contributed by atoms with Crippen LogP contribution < -0.4 is 10.6 Å². The Bertz CT molecular complexity index is 2140. The zero-order chi connectivity index (χ0) is 54.5. The zero-order valence-electron chi connectivity index (χ0n) is 43.7. The topological polar surface area (TPSA) is 266 Å². The Hall–Kier alpha value is -5.88. The molecule has 2 amide bonds. The van der Waals surface area contributed by atoms with Gasteiger partial charge in [-0.25, -0.2) is 0 Å². The number of ketones is 2. The van der Waals surface area contributed by atoms with Crippen LogP contribution in [0.4, 0.5) is 0 Å². The Kier molecular flexibility index (Phi) is 25.0. The highest BCUT2D eigenvalue weighted by Crippen LogP contribution is 2.42. The van der Waals surface area contributed by atoms with Gasteiger partial charge in [-0.05, 0) is 74.7 Å². The standard InChI is InChI=1S/C56H78N2O14/c1-37(17-13-19-39(3)21-23-43-41(5)51(69)45(29-53(43,7)8)71-49(67)27-25-47(65)57-55(31-59,32-60)33-61)15-11-12-16-38(2)18-14-20-40(4)22-24-44-42(6)52(70)46(30-54(44,9)10)72-50(68)28-26-48(66)58-56(34-62,35-63)36-64/h11-24,45-46,59-64H,25-36H2,1-10H3,(H,57,65)(H,58,66)/b12-11+,17-13+,18-14+,23-21+,24-22+,37-15+,38-16+,39-19+,40-20+. The van der Waals surface area contributed by atoms with Crippen LogP contribution >= 0.6 is 0 Å². The second-order valence-electron chi connectivity index (χ2n) is 20.0. The first-order valence-corrected chi connectivity index (χ1v) is 24.0. The lowest BCUT2D eigenvalue weighted by Crippen LogP contribution is -2.57. The normalized spacial score (nSPS) is 19.7. The summed E-state index contributed by atoms with van der Waals surface area (Å²) in [6.45, 7) is 15.0. The Balaban J connectivity index is 1.96. The van der Waals surface area contributed by atoms with E-state index in [0.717, 1.165) is 33.4 Å². The molecule has 0 spiro atoms. The molecular formula is C56H78N2O14. The maximum atomic E-state index is 13.3. The average Bonchev–Trinajstić information content (AvgIpc) is 3.33. The smallest absolute Gasteiger partial charge is 0.307 e. The minimum absolute atomic E-state index is 0.254. The van der Waals surface area contributed by atoms with Gasteiger partial charge < -0.3 is 50.7 Å². The van der Waals surface area contributed by atoms with E-state index in [1.165, 1.54) is 0 Å². The Morgan fingerprint density at radius 2 is 0.806 bits per heavy atom. The fourth-order valence-corrected chi connectivity index (χ4v) is 7.88. The van der Waals surface area contributed by atoms with Crippen LogP contribution in [0, 0.1) is 10.8 Å². The van der Waals surface area contributed by atoms with Crippen LogP contribution in [0.3, 0.4) is 0 Å². The van der Waals surface area contributed by atoms with E-state index in [4.69, 9.17) is 9.47 Å². The monoisotopic (exact) mass is 1000 g/mol. The summed E-state index contributed by atoms with van der Waals surface area (Å²) in [6.07, 6.45) is 24.5. The molecule has 0 aromatic heterocycles. The molecule has 0 aromatic rings. The molecule has 0 bridgehead atoms. The van der Waals surface area contributed by atoms with Gasteiger partial charge >= 0.3 is 11.9 Å². The maximum Gasteiger partial charge on any atom is 0.307 e. The Morgan fingerprint density at radius 3 is 1.11 bits per heavy atom. The van der Waals surface area contributed by atoms with Crippen molar-refractivity contribution in [1.82, 2.24) is 10.6 Å². The number of hydrogen-bond donors (Lipinski definition) is 8. The van der Waals surface area contributed by atoms with E-state index in [1.54, 1.807) is 13.8 Å². The maximum absolute atomic E-state index is 13.3. The summed E-state index contributed by atoms with van der Waals surface area (Å²) in [6, 6.07) is 0. The third-order valence-corrected chi connectivity index (χ3v) is 12.6. The van der Waals surface area contributed by atoms with Gasteiger partial charge in [0.15, 0.2) is 23.8 Å². The molecule has 0 saturated heterocycles. The lowest BCUT2D eigenvalue weighted by atomic mass is 9.71. The van der Waals surface area contributed by atoms with E-state index in [-0.39, 0.29) is 50.1 Å². The molecule has 8 N–H and O–H groups in total. The van der Waals surface area contributed by atoms with Gasteiger partial charge in [0.05, 0.1) is 52.5 Å². The number of carbonyl (C=O) groups excluding carboxylic acids is 6. The van der Waals surface area contributed by atoms with Crippen molar-refractivity contribution in [2.45, 2.75) is 131 Å². The first-order chi connectivity index (χ1) is 33.8. The van der Waals surface area contributed by atoms with Crippen molar-refractivity contribution < 1.29 is 68.9 Å². The zero-order valence-corrected chi connectivity index (χ0v) is 43.7. The van der Waals surface area contributed by atoms with Crippen LogP contribution in [0.2, 0.25) is 0 Å². The van der Waals surface area contributed by atoms with Gasteiger partial charge in [0, 0.05) is 25.7 Å². The molecule has 16 nitrogen and oxygen atoms in total. The minimum atomic E-state index is -1.61. The van der Waals surface area contributed by atoms with Gasteiger partial charge in [-0.15, -0.1) is 0 Å². The quantitative estimate of drug-likeness (QED) is 0.0408. The number of Topliss-reactive ketones (excluding diaryl/α,β-unsaturated/α-hetero) is 2. The summed E-state index contributed by atoms with van der Waals surface area (Å²) in [5.41, 5.74) is 2.36. The summed E-state index contributed by atoms with van der Waals surface area (Å²) in [4.78, 5) is 76.3. The van der Waals surface area contributed by atoms with Crippen LogP contribution in [0.5, 0.6) is 0 Å². The van der Waals surface area contributed by atoms with E-state index in [9.17, 15) is 59.4 Å². The lowest BCUT2D eigenvalue weighted by Gasteiger charge is -2.36. The predicted octanol–water partition coefficient (Wildman–Crippen LogP) is 5.23. The van der Waals surface area contributed by atoms with E-state index in [2.05, 4.69) is 10.6 Å². The number of esters is 2. The van der Waals surface area contributed by atoms with Gasteiger partial charge in [0.1, 0.15) is 11.1 Å². The number of aliphatic hydroxyl groups excluding tert-OH is 6. The van der Waals surface area contributed by atoms with Crippen molar-refractivity contribution in [3.63, 3.8) is 0 Å². The van der Waals surface area contributed by atoms with Crippen molar-refractivity contribution in [2.24, 2.45) is 10.8 Å². The van der Waals surface area contributed by atoms with E-state index in [0.29, 0.717) is 11.1 Å². The molecule has 72 heavy (non-hydrogen) atoms. The van der Waals surface area contributed by atoms with E-state index in [1.807, 2.05) is 140 Å². The van der Waals surface area contributed by atoms with Crippen LogP contribution in [0.1, 0.15) is 108 Å². The number of allylic oxidation sites excluding steroid dienone is 20. The van der Waals surface area contributed by atoms with Crippen molar-refractivity contribution in [3.05, 3.63) is 130 Å². The number of ether oxygens (including phenoxy) is 2.